The van der Waals surface area contributed by atoms with Crippen LogP contribution in [0.2, 0.25) is 15.1 Å². The summed E-state index contributed by atoms with van der Waals surface area (Å²) < 4.78 is 69.2. The average molecular weight is 651 g/mol. The van der Waals surface area contributed by atoms with Gasteiger partial charge in [-0.2, -0.15) is 13.2 Å². The van der Waals surface area contributed by atoms with Crippen molar-refractivity contribution >= 4 is 62.3 Å². The van der Waals surface area contributed by atoms with E-state index in [1.807, 2.05) is 0 Å². The first kappa shape index (κ1) is 32.5. The summed E-state index contributed by atoms with van der Waals surface area (Å²) in [6.45, 7) is 1.88. The van der Waals surface area contributed by atoms with Crippen LogP contribution in [0.25, 0.3) is 0 Å². The minimum absolute atomic E-state index is 0.191. The molecule has 7 nitrogen and oxygen atoms in total. The molecule has 3 aromatic carbocycles. The van der Waals surface area contributed by atoms with Crippen LogP contribution in [0.3, 0.4) is 0 Å². The van der Waals surface area contributed by atoms with Gasteiger partial charge in [-0.1, -0.05) is 58.6 Å². The first-order chi connectivity index (χ1) is 19.1. The van der Waals surface area contributed by atoms with Gasteiger partial charge in [-0.15, -0.1) is 0 Å². The number of aryl methyl sites for hydroxylation is 1. The molecule has 0 radical (unpaired) electrons. The minimum Gasteiger partial charge on any atom is -0.357 e. The Morgan fingerprint density at radius 2 is 1.54 bits per heavy atom. The largest absolute Gasteiger partial charge is 0.417 e. The van der Waals surface area contributed by atoms with Gasteiger partial charge in [0.2, 0.25) is 11.8 Å². The van der Waals surface area contributed by atoms with Gasteiger partial charge < -0.3 is 10.2 Å². The highest BCUT2D eigenvalue weighted by Crippen LogP contribution is 2.38. The van der Waals surface area contributed by atoms with E-state index in [1.54, 1.807) is 13.0 Å². The van der Waals surface area contributed by atoms with Crippen LogP contribution in [-0.4, -0.2) is 44.8 Å². The van der Waals surface area contributed by atoms with Gasteiger partial charge in [-0.25, -0.2) is 8.42 Å². The molecule has 0 aromatic heterocycles. The third-order valence-corrected chi connectivity index (χ3v) is 9.06. The van der Waals surface area contributed by atoms with Gasteiger partial charge in [0.15, 0.2) is 0 Å². The smallest absolute Gasteiger partial charge is 0.357 e. The number of benzene rings is 3. The van der Waals surface area contributed by atoms with E-state index in [2.05, 4.69) is 5.32 Å². The Morgan fingerprint density at radius 3 is 2.07 bits per heavy atom. The fraction of sp³-hybridized carbons (Fsp3) is 0.259. The van der Waals surface area contributed by atoms with E-state index in [0.29, 0.717) is 15.9 Å². The number of hydrogen-bond acceptors (Lipinski definition) is 4. The molecule has 41 heavy (non-hydrogen) atoms. The Kier molecular flexibility index (Phi) is 10.2. The molecule has 0 aliphatic heterocycles. The van der Waals surface area contributed by atoms with Crippen molar-refractivity contribution in [1.29, 1.82) is 0 Å². The van der Waals surface area contributed by atoms with Crippen molar-refractivity contribution in [2.45, 2.75) is 37.5 Å². The normalized spacial score (nSPS) is 12.5. The van der Waals surface area contributed by atoms with Gasteiger partial charge in [-0.05, 0) is 56.3 Å². The number of nitrogens with one attached hydrogen (secondary N) is 1. The Balaban J connectivity index is 2.16. The lowest BCUT2D eigenvalue weighted by Crippen LogP contribution is -2.50. The number of alkyl halides is 3. The number of likely N-dealkylation sites (N-methyl/N-ethyl adjacent to an activating group) is 1. The maximum Gasteiger partial charge on any atom is 0.417 e. The fourth-order valence-corrected chi connectivity index (χ4v) is 6.04. The monoisotopic (exact) mass is 649 g/mol. The highest BCUT2D eigenvalue weighted by Gasteiger charge is 2.37. The van der Waals surface area contributed by atoms with Crippen molar-refractivity contribution in [3.8, 4) is 0 Å². The summed E-state index contributed by atoms with van der Waals surface area (Å²) in [5.41, 5.74) is -0.719. The summed E-state index contributed by atoms with van der Waals surface area (Å²) >= 11 is 18.4. The fourth-order valence-electron chi connectivity index (χ4n) is 3.90. The quantitative estimate of drug-likeness (QED) is 0.293. The van der Waals surface area contributed by atoms with Gasteiger partial charge in [0.25, 0.3) is 10.0 Å². The van der Waals surface area contributed by atoms with Crippen LogP contribution in [0.15, 0.2) is 65.6 Å². The Morgan fingerprint density at radius 1 is 0.951 bits per heavy atom. The molecule has 0 fully saturated rings. The number of carbonyl (C=O) groups is 2. The van der Waals surface area contributed by atoms with Gasteiger partial charge in [0.05, 0.1) is 21.2 Å². The Hall–Kier alpha value is -2.99. The lowest BCUT2D eigenvalue weighted by atomic mass is 10.1. The van der Waals surface area contributed by atoms with Gasteiger partial charge in [0.1, 0.15) is 12.6 Å². The molecular formula is C27H25Cl3F3N3O4S. The maximum absolute atomic E-state index is 13.8. The molecule has 1 N–H and O–H groups in total. The van der Waals surface area contributed by atoms with Crippen molar-refractivity contribution in [3.63, 3.8) is 0 Å². The number of amides is 2. The van der Waals surface area contributed by atoms with E-state index < -0.39 is 56.9 Å². The van der Waals surface area contributed by atoms with Crippen molar-refractivity contribution in [1.82, 2.24) is 10.2 Å². The molecule has 3 rings (SSSR count). The summed E-state index contributed by atoms with van der Waals surface area (Å²) in [5, 5.41) is 2.15. The average Bonchev–Trinajstić information content (AvgIpc) is 2.90. The number of sulfonamides is 1. The van der Waals surface area contributed by atoms with Crippen LogP contribution in [0.4, 0.5) is 18.9 Å². The zero-order valence-electron chi connectivity index (χ0n) is 22.0. The van der Waals surface area contributed by atoms with Crippen LogP contribution in [0, 0.1) is 6.92 Å². The van der Waals surface area contributed by atoms with E-state index in [0.717, 1.165) is 22.6 Å². The van der Waals surface area contributed by atoms with Crippen LogP contribution in [0.5, 0.6) is 0 Å². The molecule has 0 unspecified atom stereocenters. The number of anilines is 1. The molecule has 14 heteroatoms. The minimum atomic E-state index is -4.91. The Bertz CT molecular complexity index is 1530. The molecular weight excluding hydrogens is 626 g/mol. The van der Waals surface area contributed by atoms with E-state index in [-0.39, 0.29) is 21.5 Å². The third kappa shape index (κ3) is 7.45. The summed E-state index contributed by atoms with van der Waals surface area (Å²) in [5.74, 6) is -1.49. The predicted molar refractivity (Wildman–Crippen MR) is 153 cm³/mol. The molecule has 0 saturated carbocycles. The second kappa shape index (κ2) is 12.9. The molecule has 220 valence electrons. The number of halogens is 6. The summed E-state index contributed by atoms with van der Waals surface area (Å²) in [4.78, 5) is 27.2. The maximum atomic E-state index is 13.8. The highest BCUT2D eigenvalue weighted by atomic mass is 35.5. The predicted octanol–water partition coefficient (Wildman–Crippen LogP) is 6.33. The van der Waals surface area contributed by atoms with Gasteiger partial charge in [-0.3, -0.25) is 13.9 Å². The second-order valence-corrected chi connectivity index (χ2v) is 12.1. The number of carbonyl (C=O) groups excluding carboxylic acids is 2. The number of hydrogen-bond donors (Lipinski definition) is 1. The molecule has 0 heterocycles. The summed E-state index contributed by atoms with van der Waals surface area (Å²) in [6.07, 6.45) is -4.91. The number of nitrogens with zero attached hydrogens (tertiary/aromatic N) is 2. The Labute approximate surface area is 250 Å². The first-order valence-electron chi connectivity index (χ1n) is 12.0. The molecule has 1 atom stereocenters. The van der Waals surface area contributed by atoms with E-state index in [9.17, 15) is 31.2 Å². The second-order valence-electron chi connectivity index (χ2n) is 9.00. The van der Waals surface area contributed by atoms with Crippen molar-refractivity contribution in [2.24, 2.45) is 0 Å². The topological polar surface area (TPSA) is 86.8 Å². The standard InChI is InChI=1S/C27H25Cl3F3N3O4S/c1-16-7-10-19(11-8-16)41(39,40)36(18-9-12-24(30)21(13-18)27(31,32)33)15-25(37)35(17(2)26(38)34-3)14-20-22(28)5-4-6-23(20)29/h4-13,17H,14-15H2,1-3H3,(H,34,38)/t17-/m0/s1. The van der Waals surface area contributed by atoms with Crippen molar-refractivity contribution in [3.05, 3.63) is 92.4 Å². The summed E-state index contributed by atoms with van der Waals surface area (Å²) in [7, 11) is -3.24. The third-order valence-electron chi connectivity index (χ3n) is 6.24. The lowest BCUT2D eigenvalue weighted by Gasteiger charge is -2.32. The zero-order valence-corrected chi connectivity index (χ0v) is 25.1. The molecule has 3 aromatic rings. The van der Waals surface area contributed by atoms with Crippen molar-refractivity contribution in [2.75, 3.05) is 17.9 Å². The van der Waals surface area contributed by atoms with E-state index in [4.69, 9.17) is 34.8 Å². The SMILES string of the molecule is CNC(=O)[C@H](C)N(Cc1c(Cl)cccc1Cl)C(=O)CN(c1ccc(Cl)c(C(F)(F)F)c1)S(=O)(=O)c1ccc(C)cc1. The molecule has 0 aliphatic carbocycles. The van der Waals surface area contributed by atoms with Gasteiger partial charge in [0, 0.05) is 29.2 Å². The first-order valence-corrected chi connectivity index (χ1v) is 14.6. The molecule has 0 saturated heterocycles. The summed E-state index contributed by atoms with van der Waals surface area (Å²) in [6, 6.07) is 11.6. The van der Waals surface area contributed by atoms with Gasteiger partial charge >= 0.3 is 6.18 Å². The van der Waals surface area contributed by atoms with E-state index >= 15 is 0 Å². The molecule has 0 aliphatic rings. The number of rotatable bonds is 9. The van der Waals surface area contributed by atoms with Crippen LogP contribution in [0.1, 0.15) is 23.6 Å². The molecule has 0 spiro atoms. The van der Waals surface area contributed by atoms with Crippen LogP contribution >= 0.6 is 34.8 Å². The van der Waals surface area contributed by atoms with Crippen LogP contribution in [-0.2, 0) is 32.3 Å². The highest BCUT2D eigenvalue weighted by molar-refractivity contribution is 7.92. The lowest BCUT2D eigenvalue weighted by molar-refractivity contribution is -0.139. The molecule has 2 amide bonds. The zero-order chi connectivity index (χ0) is 30.7. The van der Waals surface area contributed by atoms with E-state index in [1.165, 1.54) is 50.4 Å². The molecule has 0 bridgehead atoms. The van der Waals surface area contributed by atoms with Crippen molar-refractivity contribution < 1.29 is 31.2 Å². The van der Waals surface area contributed by atoms with Crippen LogP contribution < -0.4 is 9.62 Å².